The van der Waals surface area contributed by atoms with Gasteiger partial charge in [-0.3, -0.25) is 14.5 Å². The molecule has 0 saturated carbocycles. The Balaban J connectivity index is 1.44. The quantitative estimate of drug-likeness (QED) is 0.588. The van der Waals surface area contributed by atoms with Gasteiger partial charge in [-0.15, -0.1) is 0 Å². The van der Waals surface area contributed by atoms with E-state index >= 15 is 0 Å². The second-order valence-electron chi connectivity index (χ2n) is 9.70. The Hall–Kier alpha value is -3.13. The summed E-state index contributed by atoms with van der Waals surface area (Å²) in [4.78, 5) is 34.5. The number of aromatic nitrogens is 1. The number of nitrogens with zero attached hydrogens (tertiary/aromatic N) is 3. The van der Waals surface area contributed by atoms with E-state index in [-0.39, 0.29) is 6.04 Å². The third kappa shape index (κ3) is 6.31. The van der Waals surface area contributed by atoms with E-state index < -0.39 is 11.8 Å². The molecule has 0 unspecified atom stereocenters. The minimum Gasteiger partial charge on any atom is -0.492 e. The van der Waals surface area contributed by atoms with Crippen LogP contribution in [0.4, 0.5) is 11.5 Å². The molecular formula is C27H37N5O3. The number of aryl methyl sites for hydroxylation is 1. The summed E-state index contributed by atoms with van der Waals surface area (Å²) in [6.07, 6.45) is 6.51. The number of anilines is 2. The van der Waals surface area contributed by atoms with E-state index in [1.807, 2.05) is 31.2 Å². The van der Waals surface area contributed by atoms with Crippen molar-refractivity contribution in [3.63, 3.8) is 0 Å². The highest BCUT2D eigenvalue weighted by atomic mass is 16.5. The van der Waals surface area contributed by atoms with Crippen molar-refractivity contribution >= 4 is 23.3 Å². The van der Waals surface area contributed by atoms with Crippen LogP contribution in [-0.4, -0.2) is 59.4 Å². The molecule has 3 N–H and O–H groups in total. The lowest BCUT2D eigenvalue weighted by atomic mass is 9.89. The SMILES string of the molecule is CCc1cc(NC(=O)C(=O)N2C[C@@H](C)CC[C@@H]2c2cccc(OCCN3CCCC3)c2)cnc1N. The number of carbonyl (C=O) groups excluding carboxylic acids is 2. The first-order valence-corrected chi connectivity index (χ1v) is 12.8. The Morgan fingerprint density at radius 3 is 2.77 bits per heavy atom. The zero-order valence-corrected chi connectivity index (χ0v) is 20.8. The van der Waals surface area contributed by atoms with E-state index in [1.54, 1.807) is 11.0 Å². The van der Waals surface area contributed by atoms with Crippen molar-refractivity contribution in [1.29, 1.82) is 0 Å². The molecule has 2 aromatic rings. The van der Waals surface area contributed by atoms with Crippen LogP contribution in [0.15, 0.2) is 36.5 Å². The number of nitrogens with two attached hydrogens (primary N) is 1. The second kappa shape index (κ2) is 11.5. The largest absolute Gasteiger partial charge is 0.492 e. The van der Waals surface area contributed by atoms with Crippen molar-refractivity contribution in [1.82, 2.24) is 14.8 Å². The maximum atomic E-state index is 13.3. The summed E-state index contributed by atoms with van der Waals surface area (Å²) in [5.41, 5.74) is 8.18. The fourth-order valence-corrected chi connectivity index (χ4v) is 5.02. The average Bonchev–Trinajstić information content (AvgIpc) is 3.38. The fraction of sp³-hybridized carbons (Fsp3) is 0.519. The monoisotopic (exact) mass is 479 g/mol. The number of piperidine rings is 1. The lowest BCUT2D eigenvalue weighted by molar-refractivity contribution is -0.146. The molecule has 2 fully saturated rings. The van der Waals surface area contributed by atoms with Crippen molar-refractivity contribution in [2.75, 3.05) is 43.8 Å². The van der Waals surface area contributed by atoms with Gasteiger partial charge in [-0.1, -0.05) is 26.0 Å². The van der Waals surface area contributed by atoms with Gasteiger partial charge in [-0.2, -0.15) is 0 Å². The van der Waals surface area contributed by atoms with E-state index in [2.05, 4.69) is 22.1 Å². The summed E-state index contributed by atoms with van der Waals surface area (Å²) >= 11 is 0. The van der Waals surface area contributed by atoms with Crippen molar-refractivity contribution < 1.29 is 14.3 Å². The highest BCUT2D eigenvalue weighted by molar-refractivity contribution is 6.39. The number of nitrogen functional groups attached to an aromatic ring is 1. The van der Waals surface area contributed by atoms with Gasteiger partial charge in [-0.25, -0.2) is 4.98 Å². The fourth-order valence-electron chi connectivity index (χ4n) is 5.02. The Morgan fingerprint density at radius 2 is 2.00 bits per heavy atom. The number of ether oxygens (including phenoxy) is 1. The minimum atomic E-state index is -0.657. The molecular weight excluding hydrogens is 442 g/mol. The van der Waals surface area contributed by atoms with Gasteiger partial charge in [-0.05, 0) is 80.4 Å². The van der Waals surface area contributed by atoms with Crippen LogP contribution in [0.5, 0.6) is 5.75 Å². The van der Waals surface area contributed by atoms with E-state index in [1.165, 1.54) is 19.0 Å². The summed E-state index contributed by atoms with van der Waals surface area (Å²) in [5.74, 6) is 0.377. The van der Waals surface area contributed by atoms with Crippen molar-refractivity contribution in [3.8, 4) is 5.75 Å². The molecule has 8 nitrogen and oxygen atoms in total. The van der Waals surface area contributed by atoms with Gasteiger partial charge in [0.15, 0.2) is 0 Å². The van der Waals surface area contributed by atoms with Crippen LogP contribution in [0.25, 0.3) is 0 Å². The number of benzene rings is 1. The molecule has 3 heterocycles. The Morgan fingerprint density at radius 1 is 1.20 bits per heavy atom. The summed E-state index contributed by atoms with van der Waals surface area (Å²) in [6.45, 7) is 8.49. The maximum Gasteiger partial charge on any atom is 0.313 e. The summed E-state index contributed by atoms with van der Waals surface area (Å²) in [6, 6.07) is 9.56. The molecule has 2 aliphatic rings. The molecule has 0 bridgehead atoms. The predicted molar refractivity (Wildman–Crippen MR) is 137 cm³/mol. The van der Waals surface area contributed by atoms with E-state index in [9.17, 15) is 9.59 Å². The van der Waals surface area contributed by atoms with Crippen LogP contribution in [0, 0.1) is 5.92 Å². The van der Waals surface area contributed by atoms with Crippen LogP contribution in [0.3, 0.4) is 0 Å². The zero-order valence-electron chi connectivity index (χ0n) is 20.8. The number of hydrogen-bond acceptors (Lipinski definition) is 6. The first-order chi connectivity index (χ1) is 16.9. The summed E-state index contributed by atoms with van der Waals surface area (Å²) < 4.78 is 6.03. The van der Waals surface area contributed by atoms with E-state index in [0.717, 1.165) is 49.4 Å². The summed E-state index contributed by atoms with van der Waals surface area (Å²) in [7, 11) is 0. The molecule has 8 heteroatoms. The molecule has 0 radical (unpaired) electrons. The third-order valence-corrected chi connectivity index (χ3v) is 7.03. The standard InChI is InChI=1S/C27H37N5O3/c1-3-20-15-22(17-29-25(20)28)30-26(33)27(34)32-18-19(2)9-10-24(32)21-7-6-8-23(16-21)35-14-13-31-11-4-5-12-31/h6-8,15-17,19,24H,3-5,9-14,18H2,1-2H3,(H2,28,29)(H,30,33)/t19-,24+/m0/s1. The van der Waals surface area contributed by atoms with Crippen LogP contribution in [-0.2, 0) is 16.0 Å². The molecule has 188 valence electrons. The molecule has 2 aliphatic heterocycles. The van der Waals surface area contributed by atoms with Crippen LogP contribution < -0.4 is 15.8 Å². The predicted octanol–water partition coefficient (Wildman–Crippen LogP) is 3.64. The molecule has 1 aromatic carbocycles. The molecule has 1 aromatic heterocycles. The highest BCUT2D eigenvalue weighted by Gasteiger charge is 2.34. The Labute approximate surface area is 207 Å². The molecule has 2 atom stereocenters. The smallest absolute Gasteiger partial charge is 0.313 e. The van der Waals surface area contributed by atoms with Gasteiger partial charge in [0.1, 0.15) is 18.2 Å². The summed E-state index contributed by atoms with van der Waals surface area (Å²) in [5, 5.41) is 2.72. The van der Waals surface area contributed by atoms with Gasteiger partial charge >= 0.3 is 11.8 Å². The Kier molecular flexibility index (Phi) is 8.23. The van der Waals surface area contributed by atoms with Crippen molar-refractivity contribution in [2.45, 2.75) is 52.0 Å². The zero-order chi connectivity index (χ0) is 24.8. The maximum absolute atomic E-state index is 13.3. The minimum absolute atomic E-state index is 0.165. The molecule has 35 heavy (non-hydrogen) atoms. The third-order valence-electron chi connectivity index (χ3n) is 7.03. The first-order valence-electron chi connectivity index (χ1n) is 12.8. The number of nitrogens with one attached hydrogen (secondary N) is 1. The molecule has 0 aliphatic carbocycles. The normalized spacial score (nSPS) is 20.6. The number of pyridine rings is 1. The van der Waals surface area contributed by atoms with Crippen LogP contribution in [0.1, 0.15) is 56.7 Å². The number of hydrogen-bond donors (Lipinski definition) is 2. The molecule has 2 amide bonds. The van der Waals surface area contributed by atoms with E-state index in [0.29, 0.717) is 37.0 Å². The van der Waals surface area contributed by atoms with Crippen LogP contribution in [0.2, 0.25) is 0 Å². The van der Waals surface area contributed by atoms with Gasteiger partial charge in [0.05, 0.1) is 17.9 Å². The number of carbonyl (C=O) groups is 2. The molecule has 2 saturated heterocycles. The van der Waals surface area contributed by atoms with Gasteiger partial charge < -0.3 is 20.7 Å². The number of rotatable bonds is 7. The number of amides is 2. The lowest BCUT2D eigenvalue weighted by Crippen LogP contribution is -2.46. The molecule has 4 rings (SSSR count). The van der Waals surface area contributed by atoms with E-state index in [4.69, 9.17) is 10.5 Å². The van der Waals surface area contributed by atoms with Crippen LogP contribution >= 0.6 is 0 Å². The van der Waals surface area contributed by atoms with Gasteiger partial charge in [0, 0.05) is 13.1 Å². The van der Waals surface area contributed by atoms with Crippen molar-refractivity contribution in [3.05, 3.63) is 47.7 Å². The average molecular weight is 480 g/mol. The topological polar surface area (TPSA) is 101 Å². The lowest BCUT2D eigenvalue weighted by Gasteiger charge is -2.38. The first kappa shape index (κ1) is 25.0. The van der Waals surface area contributed by atoms with Gasteiger partial charge in [0.25, 0.3) is 0 Å². The second-order valence-corrected chi connectivity index (χ2v) is 9.70. The Bertz CT molecular complexity index is 1040. The van der Waals surface area contributed by atoms with Crippen molar-refractivity contribution in [2.24, 2.45) is 5.92 Å². The number of likely N-dealkylation sites (tertiary alicyclic amines) is 2. The van der Waals surface area contributed by atoms with Gasteiger partial charge in [0.2, 0.25) is 0 Å². The molecule has 0 spiro atoms. The highest BCUT2D eigenvalue weighted by Crippen LogP contribution is 2.35.